The number of carbonyl (C=O) groups excluding carboxylic acids is 1. The molecule has 2 rings (SSSR count). The maximum absolute atomic E-state index is 12.2. The van der Waals surface area contributed by atoms with Gasteiger partial charge < -0.3 is 0 Å². The molecule has 1 unspecified atom stereocenters. The van der Waals surface area contributed by atoms with Crippen molar-refractivity contribution in [3.8, 4) is 0 Å². The fraction of sp³-hybridized carbons (Fsp3) is 0.400. The fourth-order valence-electron chi connectivity index (χ4n) is 1.59. The van der Waals surface area contributed by atoms with E-state index in [1.807, 2.05) is 38.1 Å². The standard InChI is InChI=1S/C15H19N3OS3/c1-9(2)20-15-18-17-14(22-15)16-13(19)11(4)21-12-7-5-10(3)6-8-12/h5-9,11H,1-4H3,(H,16,17,19). The molecule has 118 valence electrons. The minimum absolute atomic E-state index is 0.0529. The quantitative estimate of drug-likeness (QED) is 0.613. The van der Waals surface area contributed by atoms with Crippen LogP contribution in [0.25, 0.3) is 0 Å². The Morgan fingerprint density at radius 1 is 1.14 bits per heavy atom. The molecule has 0 spiro atoms. The molecular weight excluding hydrogens is 334 g/mol. The lowest BCUT2D eigenvalue weighted by Crippen LogP contribution is -2.22. The van der Waals surface area contributed by atoms with E-state index >= 15 is 0 Å². The van der Waals surface area contributed by atoms with Crippen molar-refractivity contribution in [2.45, 2.75) is 47.4 Å². The summed E-state index contributed by atoms with van der Waals surface area (Å²) in [6.45, 7) is 8.15. The van der Waals surface area contributed by atoms with Gasteiger partial charge in [-0.05, 0) is 26.0 Å². The van der Waals surface area contributed by atoms with Gasteiger partial charge in [-0.15, -0.1) is 22.0 Å². The van der Waals surface area contributed by atoms with Crippen LogP contribution in [0, 0.1) is 6.92 Å². The number of thioether (sulfide) groups is 2. The second-order valence-corrected chi connectivity index (χ2v) is 9.32. The molecule has 22 heavy (non-hydrogen) atoms. The number of hydrogen-bond acceptors (Lipinski definition) is 6. The van der Waals surface area contributed by atoms with Crippen molar-refractivity contribution in [2.24, 2.45) is 0 Å². The van der Waals surface area contributed by atoms with Gasteiger partial charge in [-0.25, -0.2) is 0 Å². The number of amides is 1. The Morgan fingerprint density at radius 3 is 2.45 bits per heavy atom. The van der Waals surface area contributed by atoms with Gasteiger partial charge >= 0.3 is 0 Å². The predicted octanol–water partition coefficient (Wildman–Crippen LogP) is 4.47. The topological polar surface area (TPSA) is 54.9 Å². The molecule has 1 heterocycles. The molecule has 1 amide bonds. The molecule has 0 saturated carbocycles. The van der Waals surface area contributed by atoms with Crippen LogP contribution in [-0.4, -0.2) is 26.6 Å². The first-order chi connectivity index (χ1) is 10.4. The lowest BCUT2D eigenvalue weighted by atomic mass is 10.2. The third-order valence-electron chi connectivity index (χ3n) is 2.68. The molecular formula is C15H19N3OS3. The number of aromatic nitrogens is 2. The van der Waals surface area contributed by atoms with Gasteiger partial charge in [-0.3, -0.25) is 10.1 Å². The van der Waals surface area contributed by atoms with E-state index in [1.165, 1.54) is 28.7 Å². The maximum atomic E-state index is 12.2. The van der Waals surface area contributed by atoms with Gasteiger partial charge in [-0.1, -0.05) is 54.6 Å². The van der Waals surface area contributed by atoms with Crippen LogP contribution in [0.3, 0.4) is 0 Å². The summed E-state index contributed by atoms with van der Waals surface area (Å²) >= 11 is 4.60. The molecule has 1 atom stereocenters. The fourth-order valence-corrected chi connectivity index (χ4v) is 4.44. The van der Waals surface area contributed by atoms with Crippen LogP contribution >= 0.6 is 34.9 Å². The van der Waals surface area contributed by atoms with Gasteiger partial charge in [0.05, 0.1) is 5.25 Å². The average molecular weight is 354 g/mol. The molecule has 1 aromatic heterocycles. The molecule has 0 aliphatic carbocycles. The van der Waals surface area contributed by atoms with Crippen molar-refractivity contribution in [1.82, 2.24) is 10.2 Å². The third kappa shape index (κ3) is 5.30. The van der Waals surface area contributed by atoms with E-state index in [0.717, 1.165) is 9.24 Å². The van der Waals surface area contributed by atoms with Crippen LogP contribution in [0.4, 0.5) is 5.13 Å². The molecule has 0 aliphatic heterocycles. The molecule has 1 aromatic carbocycles. The van der Waals surface area contributed by atoms with E-state index in [-0.39, 0.29) is 11.2 Å². The highest BCUT2D eigenvalue weighted by Gasteiger charge is 2.17. The normalized spacial score (nSPS) is 12.4. The first-order valence-corrected chi connectivity index (χ1v) is 9.56. The smallest absolute Gasteiger partial charge is 0.239 e. The SMILES string of the molecule is Cc1ccc(SC(C)C(=O)Nc2nnc(SC(C)C)s2)cc1. The Hall–Kier alpha value is -1.05. The Balaban J connectivity index is 1.90. The predicted molar refractivity (Wildman–Crippen MR) is 96.0 cm³/mol. The molecule has 0 saturated heterocycles. The summed E-state index contributed by atoms with van der Waals surface area (Å²) in [5.41, 5.74) is 1.21. The maximum Gasteiger partial charge on any atom is 0.239 e. The van der Waals surface area contributed by atoms with Crippen molar-refractivity contribution < 1.29 is 4.79 Å². The van der Waals surface area contributed by atoms with E-state index < -0.39 is 0 Å². The van der Waals surface area contributed by atoms with E-state index in [9.17, 15) is 4.79 Å². The van der Waals surface area contributed by atoms with Crippen LogP contribution in [0.15, 0.2) is 33.5 Å². The van der Waals surface area contributed by atoms with Crippen LogP contribution < -0.4 is 5.32 Å². The first-order valence-electron chi connectivity index (χ1n) is 6.98. The molecule has 0 aliphatic rings. The minimum atomic E-state index is -0.187. The minimum Gasteiger partial charge on any atom is -0.300 e. The first kappa shape index (κ1) is 17.3. The zero-order chi connectivity index (χ0) is 16.1. The zero-order valence-electron chi connectivity index (χ0n) is 13.0. The van der Waals surface area contributed by atoms with Crippen LogP contribution in [0.1, 0.15) is 26.3 Å². The molecule has 0 radical (unpaired) electrons. The highest BCUT2D eigenvalue weighted by atomic mass is 32.2. The van der Waals surface area contributed by atoms with Crippen LogP contribution in [0.2, 0.25) is 0 Å². The number of aryl methyl sites for hydroxylation is 1. The van der Waals surface area contributed by atoms with Crippen molar-refractivity contribution in [1.29, 1.82) is 0 Å². The Bertz CT molecular complexity index is 625. The van der Waals surface area contributed by atoms with Gasteiger partial charge in [0.1, 0.15) is 0 Å². The number of benzene rings is 1. The number of hydrogen-bond donors (Lipinski definition) is 1. The number of nitrogens with zero attached hydrogens (tertiary/aromatic N) is 2. The summed E-state index contributed by atoms with van der Waals surface area (Å²) in [5.74, 6) is -0.0529. The molecule has 4 nitrogen and oxygen atoms in total. The largest absolute Gasteiger partial charge is 0.300 e. The molecule has 0 fully saturated rings. The van der Waals surface area contributed by atoms with E-state index in [4.69, 9.17) is 0 Å². The number of nitrogens with one attached hydrogen (secondary N) is 1. The molecule has 7 heteroatoms. The molecule has 0 bridgehead atoms. The second-order valence-electron chi connectivity index (χ2n) is 5.10. The van der Waals surface area contributed by atoms with E-state index in [1.54, 1.807) is 11.8 Å². The van der Waals surface area contributed by atoms with E-state index in [0.29, 0.717) is 10.4 Å². The second kappa shape index (κ2) is 7.99. The van der Waals surface area contributed by atoms with Crippen molar-refractivity contribution in [3.63, 3.8) is 0 Å². The molecule has 1 N–H and O–H groups in total. The van der Waals surface area contributed by atoms with Crippen molar-refractivity contribution in [3.05, 3.63) is 29.8 Å². The summed E-state index contributed by atoms with van der Waals surface area (Å²) in [4.78, 5) is 13.3. The van der Waals surface area contributed by atoms with Crippen molar-refractivity contribution in [2.75, 3.05) is 5.32 Å². The lowest BCUT2D eigenvalue weighted by Gasteiger charge is -2.10. The van der Waals surface area contributed by atoms with Gasteiger partial charge in [0.25, 0.3) is 0 Å². The van der Waals surface area contributed by atoms with Crippen LogP contribution in [0.5, 0.6) is 0 Å². The zero-order valence-corrected chi connectivity index (χ0v) is 15.4. The number of anilines is 1. The number of carbonyl (C=O) groups is 1. The Kier molecular flexibility index (Phi) is 6.28. The average Bonchev–Trinajstić information content (AvgIpc) is 2.87. The van der Waals surface area contributed by atoms with Crippen LogP contribution in [-0.2, 0) is 4.79 Å². The Morgan fingerprint density at radius 2 is 1.82 bits per heavy atom. The van der Waals surface area contributed by atoms with Gasteiger partial charge in [0, 0.05) is 10.1 Å². The summed E-state index contributed by atoms with van der Waals surface area (Å²) in [7, 11) is 0. The van der Waals surface area contributed by atoms with Gasteiger partial charge in [0.15, 0.2) is 4.34 Å². The summed E-state index contributed by atoms with van der Waals surface area (Å²) in [6, 6.07) is 8.17. The van der Waals surface area contributed by atoms with E-state index in [2.05, 4.69) is 29.4 Å². The highest BCUT2D eigenvalue weighted by Crippen LogP contribution is 2.29. The Labute approximate surface area is 143 Å². The summed E-state index contributed by atoms with van der Waals surface area (Å²) in [6.07, 6.45) is 0. The lowest BCUT2D eigenvalue weighted by molar-refractivity contribution is -0.115. The monoisotopic (exact) mass is 353 g/mol. The summed E-state index contributed by atoms with van der Waals surface area (Å²) in [5, 5.41) is 11.8. The third-order valence-corrected chi connectivity index (χ3v) is 5.71. The van der Waals surface area contributed by atoms with Gasteiger partial charge in [-0.2, -0.15) is 0 Å². The molecule has 2 aromatic rings. The summed E-state index contributed by atoms with van der Waals surface area (Å²) < 4.78 is 0.879. The van der Waals surface area contributed by atoms with Gasteiger partial charge in [0.2, 0.25) is 11.0 Å². The highest BCUT2D eigenvalue weighted by molar-refractivity contribution is 8.01. The van der Waals surface area contributed by atoms with Crippen molar-refractivity contribution >= 4 is 45.9 Å². The number of rotatable bonds is 6.